The summed E-state index contributed by atoms with van der Waals surface area (Å²) in [5.74, 6) is -0.440. The van der Waals surface area contributed by atoms with Crippen LogP contribution in [0.2, 0.25) is 10.0 Å². The Labute approximate surface area is 134 Å². The van der Waals surface area contributed by atoms with Crippen molar-refractivity contribution in [1.82, 2.24) is 14.9 Å². The van der Waals surface area contributed by atoms with Crippen molar-refractivity contribution in [3.8, 4) is 0 Å². The van der Waals surface area contributed by atoms with Gasteiger partial charge in [-0.1, -0.05) is 23.2 Å². The number of imidazole rings is 1. The number of nitrogens with zero attached hydrogens (tertiary/aromatic N) is 2. The number of benzene rings is 1. The lowest BCUT2D eigenvalue weighted by atomic mass is 10.1. The van der Waals surface area contributed by atoms with Gasteiger partial charge in [-0.15, -0.1) is 0 Å². The van der Waals surface area contributed by atoms with Gasteiger partial charge in [0.15, 0.2) is 0 Å². The van der Waals surface area contributed by atoms with Crippen molar-refractivity contribution < 1.29 is 4.39 Å². The Morgan fingerprint density at radius 3 is 2.81 bits per heavy atom. The zero-order valence-electron chi connectivity index (χ0n) is 11.8. The third-order valence-corrected chi connectivity index (χ3v) is 3.98. The van der Waals surface area contributed by atoms with E-state index in [-0.39, 0.29) is 11.1 Å². The second kappa shape index (κ2) is 7.78. The average Bonchev–Trinajstić information content (AvgIpc) is 2.95. The van der Waals surface area contributed by atoms with Gasteiger partial charge in [0.2, 0.25) is 0 Å². The molecule has 0 aliphatic carbocycles. The first kappa shape index (κ1) is 16.3. The average molecular weight is 330 g/mol. The quantitative estimate of drug-likeness (QED) is 0.600. The normalized spacial score (nSPS) is 12.6. The van der Waals surface area contributed by atoms with Gasteiger partial charge in [-0.2, -0.15) is 0 Å². The van der Waals surface area contributed by atoms with Crippen molar-refractivity contribution in [2.75, 3.05) is 6.54 Å². The lowest BCUT2D eigenvalue weighted by molar-refractivity contribution is 0.520. The molecule has 1 heterocycles. The Bertz CT molecular complexity index is 573. The van der Waals surface area contributed by atoms with Crippen LogP contribution in [0.1, 0.15) is 31.4 Å². The van der Waals surface area contributed by atoms with E-state index in [9.17, 15) is 4.39 Å². The van der Waals surface area contributed by atoms with Crippen LogP contribution in [0.4, 0.5) is 4.39 Å². The van der Waals surface area contributed by atoms with E-state index in [0.717, 1.165) is 31.5 Å². The summed E-state index contributed by atoms with van der Waals surface area (Å²) in [7, 11) is 0. The van der Waals surface area contributed by atoms with Crippen LogP contribution in [0, 0.1) is 5.82 Å². The van der Waals surface area contributed by atoms with Crippen LogP contribution in [0.5, 0.6) is 0 Å². The highest BCUT2D eigenvalue weighted by molar-refractivity contribution is 6.35. The maximum absolute atomic E-state index is 13.5. The minimum Gasteiger partial charge on any atom is -0.337 e. The maximum Gasteiger partial charge on any atom is 0.142 e. The molecule has 0 bridgehead atoms. The summed E-state index contributed by atoms with van der Waals surface area (Å²) in [5.41, 5.74) is 0.730. The standard InChI is InChI=1S/C15H18Cl2FN3/c1-11(12-8-15(18)14(17)9-13(12)16)20-4-2-3-6-21-7-5-19-10-21/h5,7-11,20H,2-4,6H2,1H3. The van der Waals surface area contributed by atoms with Crippen LogP contribution in [0.3, 0.4) is 0 Å². The van der Waals surface area contributed by atoms with Crippen molar-refractivity contribution in [3.63, 3.8) is 0 Å². The monoisotopic (exact) mass is 329 g/mol. The van der Waals surface area contributed by atoms with Crippen molar-refractivity contribution in [2.24, 2.45) is 0 Å². The molecule has 0 saturated carbocycles. The van der Waals surface area contributed by atoms with Gasteiger partial charge in [-0.3, -0.25) is 0 Å². The molecule has 0 saturated heterocycles. The summed E-state index contributed by atoms with van der Waals surface area (Å²) in [6.07, 6.45) is 7.62. The van der Waals surface area contributed by atoms with Crippen LogP contribution in [0.25, 0.3) is 0 Å². The fourth-order valence-electron chi connectivity index (χ4n) is 2.14. The van der Waals surface area contributed by atoms with E-state index in [1.54, 1.807) is 6.20 Å². The van der Waals surface area contributed by atoms with Gasteiger partial charge in [0.1, 0.15) is 5.82 Å². The molecular formula is C15H18Cl2FN3. The van der Waals surface area contributed by atoms with Gasteiger partial charge in [0.25, 0.3) is 0 Å². The van der Waals surface area contributed by atoms with Gasteiger partial charge in [-0.25, -0.2) is 9.37 Å². The highest BCUT2D eigenvalue weighted by Gasteiger charge is 2.12. The van der Waals surface area contributed by atoms with Gasteiger partial charge in [0, 0.05) is 30.0 Å². The first-order chi connectivity index (χ1) is 10.1. The van der Waals surface area contributed by atoms with Crippen LogP contribution >= 0.6 is 23.2 Å². The summed E-state index contributed by atoms with van der Waals surface area (Å²) in [6, 6.07) is 2.83. The van der Waals surface area contributed by atoms with Crippen LogP contribution in [0.15, 0.2) is 30.9 Å². The minimum absolute atomic E-state index is 0.0162. The first-order valence-electron chi connectivity index (χ1n) is 6.91. The third kappa shape index (κ3) is 4.70. The maximum atomic E-state index is 13.5. The molecule has 114 valence electrons. The van der Waals surface area contributed by atoms with Crippen molar-refractivity contribution >= 4 is 23.2 Å². The van der Waals surface area contributed by atoms with E-state index >= 15 is 0 Å². The SMILES string of the molecule is CC(NCCCCn1ccnc1)c1cc(F)c(Cl)cc1Cl. The predicted octanol–water partition coefficient (Wildman–Crippen LogP) is 4.46. The van der Waals surface area contributed by atoms with E-state index in [0.29, 0.717) is 5.02 Å². The van der Waals surface area contributed by atoms with Gasteiger partial charge < -0.3 is 9.88 Å². The molecule has 3 nitrogen and oxygen atoms in total. The number of halogens is 3. The summed E-state index contributed by atoms with van der Waals surface area (Å²) >= 11 is 11.8. The highest BCUT2D eigenvalue weighted by atomic mass is 35.5. The largest absolute Gasteiger partial charge is 0.337 e. The molecular weight excluding hydrogens is 312 g/mol. The molecule has 0 aliphatic heterocycles. The van der Waals surface area contributed by atoms with E-state index in [4.69, 9.17) is 23.2 Å². The number of hydrogen-bond acceptors (Lipinski definition) is 2. The fraction of sp³-hybridized carbons (Fsp3) is 0.400. The molecule has 1 unspecified atom stereocenters. The topological polar surface area (TPSA) is 29.9 Å². The summed E-state index contributed by atoms with van der Waals surface area (Å²) in [4.78, 5) is 4.00. The molecule has 1 atom stereocenters. The Balaban J connectivity index is 1.76. The fourth-order valence-corrected chi connectivity index (χ4v) is 2.68. The van der Waals surface area contributed by atoms with Crippen LogP contribution < -0.4 is 5.32 Å². The van der Waals surface area contributed by atoms with Crippen molar-refractivity contribution in [3.05, 3.63) is 52.3 Å². The van der Waals surface area contributed by atoms with Gasteiger partial charge >= 0.3 is 0 Å². The zero-order valence-corrected chi connectivity index (χ0v) is 13.3. The van der Waals surface area contributed by atoms with E-state index in [1.807, 2.05) is 19.4 Å². The zero-order chi connectivity index (χ0) is 15.2. The smallest absolute Gasteiger partial charge is 0.142 e. The molecule has 1 N–H and O–H groups in total. The third-order valence-electron chi connectivity index (χ3n) is 3.36. The van der Waals surface area contributed by atoms with E-state index in [1.165, 1.54) is 12.1 Å². The molecule has 6 heteroatoms. The van der Waals surface area contributed by atoms with E-state index < -0.39 is 5.82 Å². The summed E-state index contributed by atoms with van der Waals surface area (Å²) in [5, 5.41) is 3.89. The van der Waals surface area contributed by atoms with Gasteiger partial charge in [0.05, 0.1) is 11.3 Å². The number of aryl methyl sites for hydroxylation is 1. The number of rotatable bonds is 7. The van der Waals surface area contributed by atoms with Crippen molar-refractivity contribution in [1.29, 1.82) is 0 Å². The molecule has 2 aromatic rings. The Kier molecular flexibility index (Phi) is 6.03. The second-order valence-corrected chi connectivity index (χ2v) is 5.79. The molecule has 0 aliphatic rings. The molecule has 0 fully saturated rings. The molecule has 1 aromatic carbocycles. The number of unbranched alkanes of at least 4 members (excludes halogenated alkanes) is 1. The highest BCUT2D eigenvalue weighted by Crippen LogP contribution is 2.28. The number of aromatic nitrogens is 2. The summed E-state index contributed by atoms with van der Waals surface area (Å²) < 4.78 is 15.5. The Morgan fingerprint density at radius 1 is 1.29 bits per heavy atom. The number of nitrogens with one attached hydrogen (secondary N) is 1. The Hall–Kier alpha value is -1.10. The second-order valence-electron chi connectivity index (χ2n) is 4.97. The molecule has 0 spiro atoms. The lowest BCUT2D eigenvalue weighted by Gasteiger charge is -2.16. The number of hydrogen-bond donors (Lipinski definition) is 1. The van der Waals surface area contributed by atoms with Crippen molar-refractivity contribution in [2.45, 2.75) is 32.4 Å². The van der Waals surface area contributed by atoms with Crippen LogP contribution in [-0.2, 0) is 6.54 Å². The first-order valence-corrected chi connectivity index (χ1v) is 7.67. The summed E-state index contributed by atoms with van der Waals surface area (Å²) in [6.45, 7) is 3.76. The van der Waals surface area contributed by atoms with E-state index in [2.05, 4.69) is 14.9 Å². The minimum atomic E-state index is -0.440. The molecule has 0 amide bonds. The molecule has 1 aromatic heterocycles. The lowest BCUT2D eigenvalue weighted by Crippen LogP contribution is -2.20. The molecule has 0 radical (unpaired) electrons. The molecule has 2 rings (SSSR count). The Morgan fingerprint density at radius 2 is 2.10 bits per heavy atom. The predicted molar refractivity (Wildman–Crippen MR) is 84.3 cm³/mol. The van der Waals surface area contributed by atoms with Gasteiger partial charge in [-0.05, 0) is 44.0 Å². The molecule has 21 heavy (non-hydrogen) atoms. The van der Waals surface area contributed by atoms with Crippen LogP contribution in [-0.4, -0.2) is 16.1 Å².